The molecule has 1 atom stereocenters. The van der Waals surface area contributed by atoms with E-state index in [9.17, 15) is 4.79 Å². The van der Waals surface area contributed by atoms with Gasteiger partial charge in [0.05, 0.1) is 0 Å². The molecule has 0 spiro atoms. The highest BCUT2D eigenvalue weighted by atomic mass is 16.2. The van der Waals surface area contributed by atoms with E-state index in [1.807, 2.05) is 31.3 Å². The van der Waals surface area contributed by atoms with Crippen LogP contribution < -0.4 is 16.0 Å². The van der Waals surface area contributed by atoms with E-state index in [0.717, 1.165) is 5.69 Å². The summed E-state index contributed by atoms with van der Waals surface area (Å²) in [5.41, 5.74) is 1.91. The van der Waals surface area contributed by atoms with Crippen molar-refractivity contribution in [2.45, 2.75) is 45.2 Å². The number of carbonyl (C=O) groups is 1. The fourth-order valence-corrected chi connectivity index (χ4v) is 2.38. The number of amides is 2. The maximum atomic E-state index is 12.0. The molecule has 1 aromatic rings. The van der Waals surface area contributed by atoms with Gasteiger partial charge in [0.15, 0.2) is 0 Å². The monoisotopic (exact) mass is 275 g/mol. The Morgan fingerprint density at radius 2 is 1.85 bits per heavy atom. The summed E-state index contributed by atoms with van der Waals surface area (Å²) in [5, 5.41) is 9.14. The third kappa shape index (κ3) is 3.73. The second kappa shape index (κ2) is 5.83. The SMILES string of the molecule is CNC(C)c1ccc(NC(=O)NC(C)(C)C2CC2)cc1. The number of benzene rings is 1. The highest BCUT2D eigenvalue weighted by Crippen LogP contribution is 2.39. The largest absolute Gasteiger partial charge is 0.333 e. The Bertz CT molecular complexity index is 463. The van der Waals surface area contributed by atoms with Crippen LogP contribution in [0.25, 0.3) is 0 Å². The Kier molecular flexibility index (Phi) is 4.33. The molecule has 2 rings (SSSR count). The lowest BCUT2D eigenvalue weighted by Gasteiger charge is -2.26. The maximum absolute atomic E-state index is 12.0. The molecule has 1 aromatic carbocycles. The summed E-state index contributed by atoms with van der Waals surface area (Å²) in [4.78, 5) is 12.0. The van der Waals surface area contributed by atoms with Crippen LogP contribution in [0.5, 0.6) is 0 Å². The van der Waals surface area contributed by atoms with Crippen LogP contribution in [0.3, 0.4) is 0 Å². The van der Waals surface area contributed by atoms with Crippen molar-refractivity contribution >= 4 is 11.7 Å². The van der Waals surface area contributed by atoms with Gasteiger partial charge in [-0.05, 0) is 64.3 Å². The van der Waals surface area contributed by atoms with Crippen molar-refractivity contribution in [2.24, 2.45) is 5.92 Å². The molecule has 1 saturated carbocycles. The van der Waals surface area contributed by atoms with Gasteiger partial charge in [-0.1, -0.05) is 12.1 Å². The van der Waals surface area contributed by atoms with Gasteiger partial charge in [0.2, 0.25) is 0 Å². The predicted octanol–water partition coefficient (Wildman–Crippen LogP) is 3.28. The normalized spacial score (nSPS) is 16.6. The molecule has 1 aliphatic rings. The van der Waals surface area contributed by atoms with Gasteiger partial charge in [-0.3, -0.25) is 0 Å². The van der Waals surface area contributed by atoms with E-state index in [0.29, 0.717) is 12.0 Å². The minimum Gasteiger partial charge on any atom is -0.333 e. The van der Waals surface area contributed by atoms with Crippen LogP contribution in [0.2, 0.25) is 0 Å². The van der Waals surface area contributed by atoms with Crippen molar-refractivity contribution < 1.29 is 4.79 Å². The van der Waals surface area contributed by atoms with Crippen LogP contribution in [0.1, 0.15) is 45.2 Å². The van der Waals surface area contributed by atoms with E-state index in [-0.39, 0.29) is 11.6 Å². The van der Waals surface area contributed by atoms with Crippen molar-refractivity contribution in [2.75, 3.05) is 12.4 Å². The summed E-state index contributed by atoms with van der Waals surface area (Å²) in [6, 6.07) is 8.12. The summed E-state index contributed by atoms with van der Waals surface area (Å²) >= 11 is 0. The Labute approximate surface area is 121 Å². The fraction of sp³-hybridized carbons (Fsp3) is 0.562. The summed E-state index contributed by atoms with van der Waals surface area (Å²) in [6.45, 7) is 6.27. The van der Waals surface area contributed by atoms with Crippen LogP contribution in [-0.2, 0) is 0 Å². The molecule has 0 aliphatic heterocycles. The zero-order valence-corrected chi connectivity index (χ0v) is 12.8. The summed E-state index contributed by atoms with van der Waals surface area (Å²) in [7, 11) is 1.93. The van der Waals surface area contributed by atoms with E-state index in [4.69, 9.17) is 0 Å². The molecule has 110 valence electrons. The topological polar surface area (TPSA) is 53.2 Å². The van der Waals surface area contributed by atoms with Gasteiger partial charge >= 0.3 is 6.03 Å². The van der Waals surface area contributed by atoms with Crippen molar-refractivity contribution in [3.63, 3.8) is 0 Å². The molecule has 0 radical (unpaired) electrons. The lowest BCUT2D eigenvalue weighted by molar-refractivity contribution is 0.237. The van der Waals surface area contributed by atoms with Crippen LogP contribution in [-0.4, -0.2) is 18.6 Å². The van der Waals surface area contributed by atoms with Crippen molar-refractivity contribution in [1.29, 1.82) is 0 Å². The zero-order chi connectivity index (χ0) is 14.8. The summed E-state index contributed by atoms with van der Waals surface area (Å²) < 4.78 is 0. The van der Waals surface area contributed by atoms with Crippen molar-refractivity contribution in [3.05, 3.63) is 29.8 Å². The lowest BCUT2D eigenvalue weighted by Crippen LogP contribution is -2.47. The van der Waals surface area contributed by atoms with E-state index in [2.05, 4.69) is 36.7 Å². The van der Waals surface area contributed by atoms with Crippen LogP contribution >= 0.6 is 0 Å². The number of nitrogens with one attached hydrogen (secondary N) is 3. The first-order valence-electron chi connectivity index (χ1n) is 7.29. The Morgan fingerprint density at radius 3 is 2.35 bits per heavy atom. The average molecular weight is 275 g/mol. The first-order chi connectivity index (χ1) is 9.42. The molecule has 0 bridgehead atoms. The first kappa shape index (κ1) is 14.9. The van der Waals surface area contributed by atoms with Gasteiger partial charge in [-0.2, -0.15) is 0 Å². The number of carbonyl (C=O) groups excluding carboxylic acids is 1. The molecule has 4 nitrogen and oxygen atoms in total. The maximum Gasteiger partial charge on any atom is 0.319 e. The third-order valence-corrected chi connectivity index (χ3v) is 4.14. The Hall–Kier alpha value is -1.55. The quantitative estimate of drug-likeness (QED) is 0.772. The van der Waals surface area contributed by atoms with Gasteiger partial charge in [-0.15, -0.1) is 0 Å². The zero-order valence-electron chi connectivity index (χ0n) is 12.8. The molecule has 1 fully saturated rings. The Morgan fingerprint density at radius 1 is 1.25 bits per heavy atom. The molecule has 4 heteroatoms. The predicted molar refractivity (Wildman–Crippen MR) is 82.9 cm³/mol. The molecule has 2 amide bonds. The van der Waals surface area contributed by atoms with Crippen LogP contribution in [0.15, 0.2) is 24.3 Å². The highest BCUT2D eigenvalue weighted by molar-refractivity contribution is 5.89. The molecule has 1 aliphatic carbocycles. The highest BCUT2D eigenvalue weighted by Gasteiger charge is 2.38. The molecule has 0 saturated heterocycles. The smallest absolute Gasteiger partial charge is 0.319 e. The van der Waals surface area contributed by atoms with Gasteiger partial charge < -0.3 is 16.0 Å². The van der Waals surface area contributed by atoms with Crippen molar-refractivity contribution in [1.82, 2.24) is 10.6 Å². The van der Waals surface area contributed by atoms with E-state index < -0.39 is 0 Å². The molecule has 0 heterocycles. The third-order valence-electron chi connectivity index (χ3n) is 4.14. The average Bonchev–Trinajstić information content (AvgIpc) is 3.22. The van der Waals surface area contributed by atoms with Gasteiger partial charge in [0.1, 0.15) is 0 Å². The molecule has 20 heavy (non-hydrogen) atoms. The number of hydrogen-bond acceptors (Lipinski definition) is 2. The van der Waals surface area contributed by atoms with E-state index in [1.54, 1.807) is 0 Å². The van der Waals surface area contributed by atoms with Crippen LogP contribution in [0.4, 0.5) is 10.5 Å². The van der Waals surface area contributed by atoms with Gasteiger partial charge in [0, 0.05) is 17.3 Å². The second-order valence-electron chi connectivity index (χ2n) is 6.21. The van der Waals surface area contributed by atoms with Gasteiger partial charge in [-0.25, -0.2) is 4.79 Å². The molecule has 3 N–H and O–H groups in total. The standard InChI is InChI=1S/C16H25N3O/c1-11(17-4)12-5-9-14(10-6-12)18-15(20)19-16(2,3)13-7-8-13/h5-6,9-11,13,17H,7-8H2,1-4H3,(H2,18,19,20). The van der Waals surface area contributed by atoms with E-state index in [1.165, 1.54) is 18.4 Å². The lowest BCUT2D eigenvalue weighted by atomic mass is 9.99. The van der Waals surface area contributed by atoms with E-state index >= 15 is 0 Å². The van der Waals surface area contributed by atoms with Crippen molar-refractivity contribution in [3.8, 4) is 0 Å². The Balaban J connectivity index is 1.91. The molecule has 1 unspecified atom stereocenters. The minimum atomic E-state index is -0.128. The molecule has 0 aromatic heterocycles. The molecular formula is C16H25N3O. The summed E-state index contributed by atoms with van der Waals surface area (Å²) in [6.07, 6.45) is 2.42. The summed E-state index contributed by atoms with van der Waals surface area (Å²) in [5.74, 6) is 0.618. The number of urea groups is 1. The number of rotatable bonds is 5. The number of anilines is 1. The fourth-order valence-electron chi connectivity index (χ4n) is 2.38. The molecular weight excluding hydrogens is 250 g/mol. The first-order valence-corrected chi connectivity index (χ1v) is 7.29. The second-order valence-corrected chi connectivity index (χ2v) is 6.21. The van der Waals surface area contributed by atoms with Gasteiger partial charge in [0.25, 0.3) is 0 Å². The van der Waals surface area contributed by atoms with Crippen LogP contribution in [0, 0.1) is 5.92 Å². The minimum absolute atomic E-state index is 0.120. The number of hydrogen-bond donors (Lipinski definition) is 3.